The summed E-state index contributed by atoms with van der Waals surface area (Å²) in [5, 5.41) is 0. The quantitative estimate of drug-likeness (QED) is 0.746. The van der Waals surface area contributed by atoms with Crippen LogP contribution in [0, 0.1) is 5.92 Å². The molecule has 1 saturated heterocycles. The van der Waals surface area contributed by atoms with Crippen molar-refractivity contribution in [1.29, 1.82) is 0 Å². The molecule has 18 heavy (non-hydrogen) atoms. The van der Waals surface area contributed by atoms with Gasteiger partial charge in [-0.3, -0.25) is 4.79 Å². The molecule has 2 heteroatoms. The number of hydrogen-bond donors (Lipinski definition) is 0. The highest BCUT2D eigenvalue weighted by Gasteiger charge is 2.37. The Labute approximate surface area is 109 Å². The lowest BCUT2D eigenvalue weighted by atomic mass is 9.76. The van der Waals surface area contributed by atoms with Gasteiger partial charge in [0.25, 0.3) is 0 Å². The van der Waals surface area contributed by atoms with Crippen LogP contribution in [0.5, 0.6) is 0 Å². The Balaban J connectivity index is 1.84. The topological polar surface area (TPSA) is 20.1 Å². The molecule has 96 valence electrons. The highest BCUT2D eigenvalue weighted by Crippen LogP contribution is 2.38. The van der Waals surface area contributed by atoms with E-state index < -0.39 is 0 Å². The van der Waals surface area contributed by atoms with Gasteiger partial charge in [0.05, 0.1) is 5.92 Å². The Morgan fingerprint density at radius 1 is 1.06 bits per heavy atom. The van der Waals surface area contributed by atoms with Crippen molar-refractivity contribution in [1.82, 2.24) is 4.90 Å². The van der Waals surface area contributed by atoms with Crippen molar-refractivity contribution in [2.24, 2.45) is 5.92 Å². The lowest BCUT2D eigenvalue weighted by Crippen LogP contribution is -2.28. The van der Waals surface area contributed by atoms with E-state index in [1.165, 1.54) is 37.7 Å². The Bertz CT molecular complexity index is 404. The van der Waals surface area contributed by atoms with Crippen LogP contribution in [0.15, 0.2) is 30.3 Å². The van der Waals surface area contributed by atoms with Gasteiger partial charge in [0.2, 0.25) is 5.91 Å². The molecule has 3 rings (SSSR count). The van der Waals surface area contributed by atoms with E-state index in [1.54, 1.807) is 0 Å². The normalized spacial score (nSPS) is 21.7. The van der Waals surface area contributed by atoms with Crippen molar-refractivity contribution < 1.29 is 4.79 Å². The van der Waals surface area contributed by atoms with E-state index in [0.29, 0.717) is 11.8 Å². The molecule has 2 fully saturated rings. The molecule has 0 unspecified atom stereocenters. The second-order valence-electron chi connectivity index (χ2n) is 5.61. The van der Waals surface area contributed by atoms with Gasteiger partial charge in [0.1, 0.15) is 0 Å². The number of nitrogens with zero attached hydrogens (tertiary/aromatic N) is 1. The zero-order valence-corrected chi connectivity index (χ0v) is 10.8. The first kappa shape index (κ1) is 11.8. The van der Waals surface area contributed by atoms with E-state index in [2.05, 4.69) is 24.3 Å². The molecule has 0 bridgehead atoms. The minimum atomic E-state index is 0.119. The Hall–Kier alpha value is -1.31. The molecular formula is C16H21NO. The first-order valence-corrected chi connectivity index (χ1v) is 7.20. The van der Waals surface area contributed by atoms with Crippen LogP contribution in [0.1, 0.15) is 43.6 Å². The van der Waals surface area contributed by atoms with E-state index in [-0.39, 0.29) is 5.92 Å². The third-order valence-corrected chi connectivity index (χ3v) is 4.30. The third-order valence-electron chi connectivity index (χ3n) is 4.30. The molecule has 0 aromatic heterocycles. The number of benzene rings is 1. The van der Waals surface area contributed by atoms with E-state index in [4.69, 9.17) is 0 Å². The second-order valence-corrected chi connectivity index (χ2v) is 5.61. The average Bonchev–Trinajstić information content (AvgIpc) is 3.26. The maximum absolute atomic E-state index is 12.5. The smallest absolute Gasteiger partial charge is 0.230 e. The highest BCUT2D eigenvalue weighted by atomic mass is 16.2. The molecule has 1 aromatic rings. The lowest BCUT2D eigenvalue weighted by Gasteiger charge is -2.29. The summed E-state index contributed by atoms with van der Waals surface area (Å²) < 4.78 is 0. The maximum Gasteiger partial charge on any atom is 0.230 e. The maximum atomic E-state index is 12.5. The fourth-order valence-corrected chi connectivity index (χ4v) is 3.21. The highest BCUT2D eigenvalue weighted by molar-refractivity contribution is 5.85. The summed E-state index contributed by atoms with van der Waals surface area (Å²) in [6.45, 7) is 1.93. The molecule has 1 amide bonds. The fraction of sp³-hybridized carbons (Fsp3) is 0.562. The van der Waals surface area contributed by atoms with Crippen LogP contribution in [-0.2, 0) is 4.79 Å². The van der Waals surface area contributed by atoms with Gasteiger partial charge in [-0.25, -0.2) is 0 Å². The zero-order valence-electron chi connectivity index (χ0n) is 10.8. The molecule has 2 aliphatic rings. The van der Waals surface area contributed by atoms with Crippen LogP contribution in [-0.4, -0.2) is 23.9 Å². The standard InChI is InChI=1S/C16H21NO/c18-16(17-11-12-17)15(13-7-3-1-4-8-13)14-9-5-2-6-10-14/h1,3-4,7-8,14-15H,2,5-6,9-12H2/t15-/m0/s1. The van der Waals surface area contributed by atoms with Gasteiger partial charge in [0, 0.05) is 13.1 Å². The van der Waals surface area contributed by atoms with Crippen LogP contribution in [0.25, 0.3) is 0 Å². The van der Waals surface area contributed by atoms with Crippen molar-refractivity contribution in [3.05, 3.63) is 35.9 Å². The summed E-state index contributed by atoms with van der Waals surface area (Å²) in [6, 6.07) is 10.4. The molecule has 0 radical (unpaired) electrons. The van der Waals surface area contributed by atoms with Crippen molar-refractivity contribution in [3.63, 3.8) is 0 Å². The van der Waals surface area contributed by atoms with Gasteiger partial charge in [0.15, 0.2) is 0 Å². The third kappa shape index (κ3) is 2.43. The van der Waals surface area contributed by atoms with Crippen LogP contribution in [0.2, 0.25) is 0 Å². The second kappa shape index (κ2) is 5.13. The van der Waals surface area contributed by atoms with Gasteiger partial charge >= 0.3 is 0 Å². The van der Waals surface area contributed by atoms with Gasteiger partial charge in [-0.1, -0.05) is 49.6 Å². The minimum Gasteiger partial charge on any atom is -0.339 e. The lowest BCUT2D eigenvalue weighted by molar-refractivity contribution is -0.128. The SMILES string of the molecule is O=C([C@@H](c1ccccc1)C1CCCCC1)N1CC1. The first-order chi connectivity index (χ1) is 8.86. The van der Waals surface area contributed by atoms with Crippen LogP contribution in [0.4, 0.5) is 0 Å². The van der Waals surface area contributed by atoms with Crippen LogP contribution < -0.4 is 0 Å². The molecule has 1 aromatic carbocycles. The molecule has 0 spiro atoms. The Morgan fingerprint density at radius 3 is 2.33 bits per heavy atom. The van der Waals surface area contributed by atoms with E-state index in [0.717, 1.165) is 13.1 Å². The number of hydrogen-bond acceptors (Lipinski definition) is 1. The largest absolute Gasteiger partial charge is 0.339 e. The van der Waals surface area contributed by atoms with Crippen molar-refractivity contribution in [3.8, 4) is 0 Å². The predicted molar refractivity (Wildman–Crippen MR) is 72.3 cm³/mol. The zero-order chi connectivity index (χ0) is 12.4. The van der Waals surface area contributed by atoms with Gasteiger partial charge in [-0.05, 0) is 24.3 Å². The molecular weight excluding hydrogens is 222 g/mol. The molecule has 2 nitrogen and oxygen atoms in total. The van der Waals surface area contributed by atoms with E-state index in [9.17, 15) is 4.79 Å². The van der Waals surface area contributed by atoms with E-state index >= 15 is 0 Å². The van der Waals surface area contributed by atoms with Gasteiger partial charge in [-0.15, -0.1) is 0 Å². The number of carbonyl (C=O) groups excluding carboxylic acids is 1. The molecule has 1 heterocycles. The van der Waals surface area contributed by atoms with Gasteiger partial charge < -0.3 is 4.90 Å². The molecule has 1 saturated carbocycles. The summed E-state index contributed by atoms with van der Waals surface area (Å²) in [6.07, 6.45) is 6.37. The Morgan fingerprint density at radius 2 is 1.72 bits per heavy atom. The molecule has 0 N–H and O–H groups in total. The number of carbonyl (C=O) groups is 1. The minimum absolute atomic E-state index is 0.119. The van der Waals surface area contributed by atoms with Crippen LogP contribution >= 0.6 is 0 Å². The fourth-order valence-electron chi connectivity index (χ4n) is 3.21. The summed E-state index contributed by atoms with van der Waals surface area (Å²) in [5.74, 6) is 1.05. The van der Waals surface area contributed by atoms with Crippen molar-refractivity contribution in [2.75, 3.05) is 13.1 Å². The first-order valence-electron chi connectivity index (χ1n) is 7.20. The molecule has 1 atom stereocenters. The van der Waals surface area contributed by atoms with Crippen molar-refractivity contribution >= 4 is 5.91 Å². The van der Waals surface area contributed by atoms with E-state index in [1.807, 2.05) is 11.0 Å². The summed E-state index contributed by atoms with van der Waals surface area (Å²) >= 11 is 0. The predicted octanol–water partition coefficient (Wildman–Crippen LogP) is 3.19. The summed E-state index contributed by atoms with van der Waals surface area (Å²) in [7, 11) is 0. The molecule has 1 aliphatic heterocycles. The van der Waals surface area contributed by atoms with Crippen molar-refractivity contribution in [2.45, 2.75) is 38.0 Å². The van der Waals surface area contributed by atoms with Gasteiger partial charge in [-0.2, -0.15) is 0 Å². The summed E-state index contributed by atoms with van der Waals surface area (Å²) in [4.78, 5) is 14.5. The summed E-state index contributed by atoms with van der Waals surface area (Å²) in [5.41, 5.74) is 1.22. The monoisotopic (exact) mass is 243 g/mol. The molecule has 1 aliphatic carbocycles. The average molecular weight is 243 g/mol. The number of amides is 1. The number of rotatable bonds is 3. The Kier molecular flexibility index (Phi) is 3.35. The van der Waals surface area contributed by atoms with Crippen LogP contribution in [0.3, 0.4) is 0 Å².